The van der Waals surface area contributed by atoms with Gasteiger partial charge in [0.25, 0.3) is 0 Å². The van der Waals surface area contributed by atoms with Crippen LogP contribution in [0, 0.1) is 5.92 Å². The second kappa shape index (κ2) is 7.40. The van der Waals surface area contributed by atoms with Crippen LogP contribution in [0.3, 0.4) is 0 Å². The maximum Gasteiger partial charge on any atom is 0.226 e. The van der Waals surface area contributed by atoms with Crippen LogP contribution < -0.4 is 0 Å². The summed E-state index contributed by atoms with van der Waals surface area (Å²) in [5.41, 5.74) is 0.283. The molecule has 4 heterocycles. The van der Waals surface area contributed by atoms with Crippen molar-refractivity contribution in [3.63, 3.8) is 0 Å². The topological polar surface area (TPSA) is 67.6 Å². The van der Waals surface area contributed by atoms with E-state index in [0.29, 0.717) is 25.3 Å². The summed E-state index contributed by atoms with van der Waals surface area (Å²) in [6.07, 6.45) is 13.2. The first kappa shape index (κ1) is 19.1. The SMILES string of the molecule is CO[C@@H]1CCC[C@@H](C(=O)N2[C@@H]3CC[C@@H]2CC(O)(Cn2ccc4ccncc42)C3)C1. The number of hydrogen-bond donors (Lipinski definition) is 1. The van der Waals surface area contributed by atoms with Gasteiger partial charge in [-0.15, -0.1) is 0 Å². The van der Waals surface area contributed by atoms with E-state index in [2.05, 4.69) is 20.5 Å². The number of carbonyl (C=O) groups excluding carboxylic acids is 1. The molecule has 3 aliphatic rings. The minimum Gasteiger partial charge on any atom is -0.388 e. The summed E-state index contributed by atoms with van der Waals surface area (Å²) in [6.45, 7) is 0.562. The first-order chi connectivity index (χ1) is 14.1. The Labute approximate surface area is 171 Å². The number of fused-ring (bicyclic) bond motifs is 3. The van der Waals surface area contributed by atoms with E-state index in [1.54, 1.807) is 13.3 Å². The minimum atomic E-state index is -0.772. The van der Waals surface area contributed by atoms with Gasteiger partial charge in [-0.25, -0.2) is 0 Å². The van der Waals surface area contributed by atoms with E-state index in [1.165, 1.54) is 0 Å². The molecule has 1 saturated carbocycles. The van der Waals surface area contributed by atoms with Crippen molar-refractivity contribution in [1.82, 2.24) is 14.5 Å². The molecule has 29 heavy (non-hydrogen) atoms. The number of aromatic nitrogens is 2. The third-order valence-electron chi connectivity index (χ3n) is 7.46. The highest BCUT2D eigenvalue weighted by atomic mass is 16.5. The Morgan fingerprint density at radius 2 is 2.03 bits per heavy atom. The monoisotopic (exact) mass is 397 g/mol. The van der Waals surface area contributed by atoms with E-state index < -0.39 is 5.60 Å². The van der Waals surface area contributed by atoms with Crippen LogP contribution in [0.5, 0.6) is 0 Å². The Bertz CT molecular complexity index is 880. The third-order valence-corrected chi connectivity index (χ3v) is 7.46. The number of nitrogens with zero attached hydrogens (tertiary/aromatic N) is 3. The molecule has 0 spiro atoms. The molecule has 6 heteroatoms. The van der Waals surface area contributed by atoms with Gasteiger partial charge < -0.3 is 19.3 Å². The van der Waals surface area contributed by atoms with Gasteiger partial charge in [-0.1, -0.05) is 6.42 Å². The molecular weight excluding hydrogens is 366 g/mol. The summed E-state index contributed by atoms with van der Waals surface area (Å²) in [5, 5.41) is 12.6. The Balaban J connectivity index is 1.31. The van der Waals surface area contributed by atoms with E-state index in [0.717, 1.165) is 49.4 Å². The fraction of sp³-hybridized carbons (Fsp3) is 0.652. The van der Waals surface area contributed by atoms with Gasteiger partial charge in [-0.2, -0.15) is 0 Å². The van der Waals surface area contributed by atoms with Crippen molar-refractivity contribution in [2.45, 2.75) is 81.7 Å². The normalized spacial score (nSPS) is 34.6. The molecule has 4 atom stereocenters. The van der Waals surface area contributed by atoms with Crippen LogP contribution in [0.1, 0.15) is 51.4 Å². The number of ether oxygens (including phenoxy) is 1. The highest BCUT2D eigenvalue weighted by Gasteiger charge is 2.50. The van der Waals surface area contributed by atoms with Gasteiger partial charge in [0.2, 0.25) is 5.91 Å². The number of piperidine rings is 1. The number of amides is 1. The highest BCUT2D eigenvalue weighted by Crippen LogP contribution is 2.43. The Hall–Kier alpha value is -1.92. The lowest BCUT2D eigenvalue weighted by molar-refractivity contribution is -0.149. The number of pyridine rings is 1. The molecule has 0 aromatic carbocycles. The Kier molecular flexibility index (Phi) is 4.87. The van der Waals surface area contributed by atoms with Gasteiger partial charge in [0, 0.05) is 42.9 Å². The molecule has 0 radical (unpaired) electrons. The van der Waals surface area contributed by atoms with Crippen LogP contribution in [0.4, 0.5) is 0 Å². The van der Waals surface area contributed by atoms with Crippen molar-refractivity contribution in [2.75, 3.05) is 7.11 Å². The average Bonchev–Trinajstić information content (AvgIpc) is 3.26. The zero-order chi connectivity index (χ0) is 20.0. The Morgan fingerprint density at radius 1 is 1.24 bits per heavy atom. The second-order valence-electron chi connectivity index (χ2n) is 9.36. The minimum absolute atomic E-state index is 0.0856. The van der Waals surface area contributed by atoms with Gasteiger partial charge in [-0.3, -0.25) is 9.78 Å². The van der Waals surface area contributed by atoms with Crippen LogP contribution in [0.25, 0.3) is 10.9 Å². The van der Waals surface area contributed by atoms with Crippen molar-refractivity contribution in [2.24, 2.45) is 5.92 Å². The molecule has 0 unspecified atom stereocenters. The zero-order valence-electron chi connectivity index (χ0n) is 17.2. The maximum atomic E-state index is 13.4. The molecule has 2 aromatic rings. The number of aliphatic hydroxyl groups is 1. The van der Waals surface area contributed by atoms with E-state index in [9.17, 15) is 9.90 Å². The van der Waals surface area contributed by atoms with E-state index in [4.69, 9.17) is 4.74 Å². The molecule has 5 rings (SSSR count). The molecule has 6 nitrogen and oxygen atoms in total. The lowest BCUT2D eigenvalue weighted by atomic mass is 9.82. The predicted octanol–water partition coefficient (Wildman–Crippen LogP) is 3.13. The van der Waals surface area contributed by atoms with Gasteiger partial charge >= 0.3 is 0 Å². The molecule has 3 fully saturated rings. The third kappa shape index (κ3) is 3.46. The van der Waals surface area contributed by atoms with Crippen LogP contribution in [0.15, 0.2) is 30.7 Å². The van der Waals surface area contributed by atoms with Gasteiger partial charge in [0.05, 0.1) is 30.0 Å². The summed E-state index contributed by atoms with van der Waals surface area (Å²) >= 11 is 0. The lowest BCUT2D eigenvalue weighted by Crippen LogP contribution is -2.56. The molecular formula is C23H31N3O3. The first-order valence-corrected chi connectivity index (χ1v) is 11.0. The predicted molar refractivity (Wildman–Crippen MR) is 110 cm³/mol. The van der Waals surface area contributed by atoms with E-state index in [1.807, 2.05) is 18.5 Å². The molecule has 156 valence electrons. The largest absolute Gasteiger partial charge is 0.388 e. The van der Waals surface area contributed by atoms with Gasteiger partial charge in [-0.05, 0) is 57.1 Å². The average molecular weight is 398 g/mol. The second-order valence-corrected chi connectivity index (χ2v) is 9.36. The fourth-order valence-electron chi connectivity index (χ4n) is 6.09. The Morgan fingerprint density at radius 3 is 2.79 bits per heavy atom. The van der Waals surface area contributed by atoms with Crippen LogP contribution >= 0.6 is 0 Å². The van der Waals surface area contributed by atoms with Crippen LogP contribution in [-0.2, 0) is 16.1 Å². The number of hydrogen-bond acceptors (Lipinski definition) is 4. The molecule has 1 amide bonds. The molecule has 2 aromatic heterocycles. The van der Waals surface area contributed by atoms with Crippen molar-refractivity contribution in [1.29, 1.82) is 0 Å². The number of carbonyl (C=O) groups is 1. The van der Waals surface area contributed by atoms with Crippen molar-refractivity contribution in [3.8, 4) is 0 Å². The number of rotatable bonds is 4. The first-order valence-electron chi connectivity index (χ1n) is 11.0. The summed E-state index contributed by atoms with van der Waals surface area (Å²) in [7, 11) is 1.75. The molecule has 1 aliphatic carbocycles. The fourth-order valence-corrected chi connectivity index (χ4v) is 6.09. The molecule has 1 N–H and O–H groups in total. The van der Waals surface area contributed by atoms with E-state index in [-0.39, 0.29) is 24.1 Å². The summed E-state index contributed by atoms with van der Waals surface area (Å²) < 4.78 is 7.65. The van der Waals surface area contributed by atoms with E-state index >= 15 is 0 Å². The van der Waals surface area contributed by atoms with Crippen LogP contribution in [-0.4, -0.2) is 56.4 Å². The smallest absolute Gasteiger partial charge is 0.226 e. The standard InChI is InChI=1S/C23H31N3O3/c1-29-20-4-2-3-17(11-20)22(27)26-18-5-6-19(26)13-23(28,12-18)15-25-10-8-16-7-9-24-14-21(16)25/h7-10,14,17-20,28H,2-6,11-13,15H2,1H3/t17-,18-,19-,20-/m1/s1. The molecule has 2 aliphatic heterocycles. The summed E-state index contributed by atoms with van der Waals surface area (Å²) in [5.74, 6) is 0.388. The zero-order valence-corrected chi connectivity index (χ0v) is 17.2. The lowest BCUT2D eigenvalue weighted by Gasteiger charge is -2.45. The van der Waals surface area contributed by atoms with Crippen LogP contribution in [0.2, 0.25) is 0 Å². The van der Waals surface area contributed by atoms with Crippen molar-refractivity contribution < 1.29 is 14.6 Å². The summed E-state index contributed by atoms with van der Waals surface area (Å²) in [4.78, 5) is 19.7. The number of methoxy groups -OCH3 is 1. The maximum absolute atomic E-state index is 13.4. The van der Waals surface area contributed by atoms with Crippen molar-refractivity contribution >= 4 is 16.8 Å². The molecule has 2 saturated heterocycles. The highest BCUT2D eigenvalue weighted by molar-refractivity contribution is 5.80. The molecule has 2 bridgehead atoms. The van der Waals surface area contributed by atoms with Gasteiger partial charge in [0.15, 0.2) is 0 Å². The van der Waals surface area contributed by atoms with Crippen molar-refractivity contribution in [3.05, 3.63) is 30.7 Å². The van der Waals surface area contributed by atoms with Gasteiger partial charge in [0.1, 0.15) is 0 Å². The summed E-state index contributed by atoms with van der Waals surface area (Å²) in [6, 6.07) is 4.39. The quantitative estimate of drug-likeness (QED) is 0.861.